The predicted molar refractivity (Wildman–Crippen MR) is 122 cm³/mol. The van der Waals surface area contributed by atoms with Gasteiger partial charge >= 0.3 is 11.1 Å². The number of benzene rings is 1. The van der Waals surface area contributed by atoms with Gasteiger partial charge in [-0.2, -0.15) is 0 Å². The van der Waals surface area contributed by atoms with Gasteiger partial charge in [0, 0.05) is 13.0 Å². The Bertz CT molecular complexity index is 862. The number of rotatable bonds is 11. The van der Waals surface area contributed by atoms with Gasteiger partial charge in [0.15, 0.2) is 6.61 Å². The molecular formula is C22H32N4O4S. The average molecular weight is 449 g/mol. The molecule has 1 aromatic carbocycles. The number of aromatic nitrogens is 2. The van der Waals surface area contributed by atoms with Crippen molar-refractivity contribution >= 4 is 22.4 Å². The molecule has 1 aliphatic rings. The van der Waals surface area contributed by atoms with Crippen LogP contribution in [0.25, 0.3) is 0 Å². The summed E-state index contributed by atoms with van der Waals surface area (Å²) in [6.07, 6.45) is 3.61. The molecule has 0 aliphatic carbocycles. The van der Waals surface area contributed by atoms with Crippen LogP contribution in [0.3, 0.4) is 0 Å². The minimum Gasteiger partial charge on any atom is -0.622 e. The predicted octanol–water partition coefficient (Wildman–Crippen LogP) is 3.88. The molecule has 8 nitrogen and oxygen atoms in total. The second-order valence-corrected chi connectivity index (χ2v) is 8.87. The Kier molecular flexibility index (Phi) is 8.36. The molecule has 2 atom stereocenters. The number of aryl methyl sites for hydroxylation is 2. The van der Waals surface area contributed by atoms with E-state index in [0.717, 1.165) is 49.2 Å². The van der Waals surface area contributed by atoms with Gasteiger partial charge in [0.25, 0.3) is 6.23 Å². The first kappa shape index (κ1) is 23.6. The van der Waals surface area contributed by atoms with Gasteiger partial charge in [-0.3, -0.25) is 4.65 Å². The lowest BCUT2D eigenvalue weighted by Gasteiger charge is -2.38. The first-order valence-electron chi connectivity index (χ1n) is 11.0. The third-order valence-electron chi connectivity index (χ3n) is 5.18. The number of nitrogens with zero attached hydrogens (tertiary/aromatic N) is 4. The molecule has 9 heteroatoms. The molecule has 0 radical (unpaired) electrons. The summed E-state index contributed by atoms with van der Waals surface area (Å²) in [6, 6.07) is 7.67. The maximum Gasteiger partial charge on any atom is 0.348 e. The first-order chi connectivity index (χ1) is 15.0. The number of hydrogen-bond acceptors (Lipinski definition) is 8. The quantitative estimate of drug-likeness (QED) is 0.293. The lowest BCUT2D eigenvalue weighted by Crippen LogP contribution is -2.51. The lowest BCUT2D eigenvalue weighted by atomic mass is 10.1. The van der Waals surface area contributed by atoms with E-state index < -0.39 is 16.8 Å². The SMILES string of the molecule is CCCc1nnc([N+]2([O-])CN(CCC)CC2OC(=O)COc2ccccc2CCC)s1. The highest BCUT2D eigenvalue weighted by molar-refractivity contribution is 7.15. The molecule has 1 aliphatic heterocycles. The Labute approximate surface area is 188 Å². The average Bonchev–Trinajstić information content (AvgIpc) is 3.34. The fraction of sp³-hybridized carbons (Fsp3) is 0.591. The lowest BCUT2D eigenvalue weighted by molar-refractivity contribution is -0.155. The number of carbonyl (C=O) groups excluding carboxylic acids is 1. The van der Waals surface area contributed by atoms with Crippen LogP contribution in [0.2, 0.25) is 0 Å². The summed E-state index contributed by atoms with van der Waals surface area (Å²) in [5, 5.41) is 23.2. The molecule has 170 valence electrons. The Hall–Kier alpha value is -2.07. The highest BCUT2D eigenvalue weighted by Crippen LogP contribution is 2.34. The van der Waals surface area contributed by atoms with Crippen LogP contribution in [0, 0.1) is 5.21 Å². The van der Waals surface area contributed by atoms with Crippen LogP contribution in [0.5, 0.6) is 5.75 Å². The van der Waals surface area contributed by atoms with E-state index in [1.807, 2.05) is 29.2 Å². The van der Waals surface area contributed by atoms with Gasteiger partial charge in [-0.25, -0.2) is 9.69 Å². The summed E-state index contributed by atoms with van der Waals surface area (Å²) >= 11 is 1.31. The van der Waals surface area contributed by atoms with E-state index in [1.165, 1.54) is 11.3 Å². The van der Waals surface area contributed by atoms with Gasteiger partial charge in [-0.15, -0.1) is 5.10 Å². The minimum absolute atomic E-state index is 0.201. The van der Waals surface area contributed by atoms with Crippen LogP contribution in [-0.4, -0.2) is 53.7 Å². The molecule has 2 heterocycles. The van der Waals surface area contributed by atoms with Crippen LogP contribution in [-0.2, 0) is 22.4 Å². The number of quaternary nitrogens is 1. The number of hydroxylamine groups is 2. The number of hydrogen-bond donors (Lipinski definition) is 0. The monoisotopic (exact) mass is 448 g/mol. The van der Waals surface area contributed by atoms with Gasteiger partial charge < -0.3 is 14.7 Å². The molecule has 0 spiro atoms. The zero-order valence-corrected chi connectivity index (χ0v) is 19.4. The van der Waals surface area contributed by atoms with Crippen molar-refractivity contribution in [2.45, 2.75) is 59.1 Å². The highest BCUT2D eigenvalue weighted by Gasteiger charge is 2.46. The van der Waals surface area contributed by atoms with E-state index in [9.17, 15) is 10.0 Å². The second-order valence-electron chi connectivity index (χ2n) is 7.83. The Morgan fingerprint density at radius 1 is 1.19 bits per heavy atom. The van der Waals surface area contributed by atoms with Crippen molar-refractivity contribution in [3.05, 3.63) is 40.0 Å². The van der Waals surface area contributed by atoms with Gasteiger partial charge in [-0.1, -0.05) is 50.5 Å². The number of para-hydroxylation sites is 1. The molecular weight excluding hydrogens is 416 g/mol. The number of carbonyl (C=O) groups is 1. The zero-order valence-electron chi connectivity index (χ0n) is 18.6. The Morgan fingerprint density at radius 3 is 2.71 bits per heavy atom. The summed E-state index contributed by atoms with van der Waals surface area (Å²) in [5.41, 5.74) is 1.05. The van der Waals surface area contributed by atoms with E-state index in [0.29, 0.717) is 17.4 Å². The van der Waals surface area contributed by atoms with Crippen molar-refractivity contribution in [2.75, 3.05) is 26.4 Å². The molecule has 1 aromatic heterocycles. The van der Waals surface area contributed by atoms with Gasteiger partial charge in [0.05, 0.1) is 6.54 Å². The first-order valence-corrected chi connectivity index (χ1v) is 11.9. The Balaban J connectivity index is 1.69. The molecule has 3 rings (SSSR count). The summed E-state index contributed by atoms with van der Waals surface area (Å²) in [5.74, 6) is 0.128. The summed E-state index contributed by atoms with van der Waals surface area (Å²) < 4.78 is 10.6. The summed E-state index contributed by atoms with van der Waals surface area (Å²) in [4.78, 5) is 14.6. The minimum atomic E-state index is -0.879. The van der Waals surface area contributed by atoms with E-state index in [-0.39, 0.29) is 13.3 Å². The van der Waals surface area contributed by atoms with Crippen molar-refractivity contribution in [1.29, 1.82) is 0 Å². The second kappa shape index (κ2) is 11.0. The molecule has 0 amide bonds. The number of esters is 1. The van der Waals surface area contributed by atoms with E-state index in [1.54, 1.807) is 0 Å². The van der Waals surface area contributed by atoms with Crippen LogP contribution in [0.1, 0.15) is 50.6 Å². The van der Waals surface area contributed by atoms with Crippen LogP contribution >= 0.6 is 11.3 Å². The molecule has 1 saturated heterocycles. The molecule has 0 bridgehead atoms. The number of ether oxygens (including phenoxy) is 2. The summed E-state index contributed by atoms with van der Waals surface area (Å²) in [7, 11) is 0. The molecule has 0 N–H and O–H groups in total. The fourth-order valence-corrected chi connectivity index (χ4v) is 4.75. The van der Waals surface area contributed by atoms with E-state index in [2.05, 4.69) is 31.0 Å². The molecule has 31 heavy (non-hydrogen) atoms. The van der Waals surface area contributed by atoms with Gasteiger partial charge in [-0.05, 0) is 42.2 Å². The highest BCUT2D eigenvalue weighted by atomic mass is 32.1. The van der Waals surface area contributed by atoms with Crippen molar-refractivity contribution < 1.29 is 14.3 Å². The van der Waals surface area contributed by atoms with Crippen molar-refractivity contribution in [2.24, 2.45) is 0 Å². The largest absolute Gasteiger partial charge is 0.622 e. The Morgan fingerprint density at radius 2 is 1.97 bits per heavy atom. The maximum atomic E-state index is 13.8. The van der Waals surface area contributed by atoms with Crippen LogP contribution in [0.15, 0.2) is 24.3 Å². The topological polar surface area (TPSA) is 87.6 Å². The van der Waals surface area contributed by atoms with Crippen molar-refractivity contribution in [1.82, 2.24) is 19.7 Å². The molecule has 2 aromatic rings. The van der Waals surface area contributed by atoms with Crippen LogP contribution in [0.4, 0.5) is 5.13 Å². The molecule has 1 fully saturated rings. The fourth-order valence-electron chi connectivity index (χ4n) is 3.74. The van der Waals surface area contributed by atoms with Gasteiger partial charge in [0.1, 0.15) is 17.4 Å². The zero-order chi connectivity index (χ0) is 22.3. The maximum absolute atomic E-state index is 13.8. The van der Waals surface area contributed by atoms with E-state index >= 15 is 0 Å². The third-order valence-corrected chi connectivity index (χ3v) is 6.27. The van der Waals surface area contributed by atoms with Crippen LogP contribution < -0.4 is 9.38 Å². The third kappa shape index (κ3) is 5.79. The molecule has 0 saturated carbocycles. The smallest absolute Gasteiger partial charge is 0.348 e. The van der Waals surface area contributed by atoms with Crippen molar-refractivity contribution in [3.63, 3.8) is 0 Å². The molecule has 2 unspecified atom stereocenters. The van der Waals surface area contributed by atoms with Gasteiger partial charge in [0.2, 0.25) is 0 Å². The normalized spacial score (nSPS) is 21.4. The standard InChI is InChI=1S/C22H32N4O4S/c1-4-9-17-11-7-8-12-18(17)29-15-21(27)30-20-14-25(13-6-3)16-26(20,28)22-24-23-19(31-22)10-5-2/h7-8,11-12,20H,4-6,9-10,13-16H2,1-3H3. The summed E-state index contributed by atoms with van der Waals surface area (Å²) in [6.45, 7) is 7.32. The van der Waals surface area contributed by atoms with Crippen molar-refractivity contribution in [3.8, 4) is 5.75 Å². The van der Waals surface area contributed by atoms with E-state index in [4.69, 9.17) is 9.47 Å².